The van der Waals surface area contributed by atoms with E-state index in [-0.39, 0.29) is 5.82 Å². The van der Waals surface area contributed by atoms with Crippen molar-refractivity contribution in [3.8, 4) is 17.1 Å². The first-order valence-electron chi connectivity index (χ1n) is 9.30. The third-order valence-electron chi connectivity index (χ3n) is 5.15. The number of halogens is 1. The van der Waals surface area contributed by atoms with Gasteiger partial charge in [-0.25, -0.2) is 14.4 Å². The van der Waals surface area contributed by atoms with Crippen LogP contribution in [0.5, 0.6) is 0 Å². The highest BCUT2D eigenvalue weighted by Crippen LogP contribution is 2.38. The SMILES string of the molecule is Fc1ccc(-c2nc3cccnc3n2-c2ccccc2)c2oc3ccccc3c12. The van der Waals surface area contributed by atoms with Gasteiger partial charge in [-0.3, -0.25) is 4.57 Å². The molecule has 6 rings (SSSR count). The summed E-state index contributed by atoms with van der Waals surface area (Å²) in [5.74, 6) is 0.350. The standard InChI is InChI=1S/C24H14FN3O/c25-18-13-12-17(22-21(18)16-9-4-5-11-20(16)29-22)23-27-19-10-6-14-26-24(19)28(23)15-7-2-1-3-8-15/h1-14H. The summed E-state index contributed by atoms with van der Waals surface area (Å²) in [7, 11) is 0. The number of nitrogens with zero attached hydrogens (tertiary/aromatic N) is 3. The van der Waals surface area contributed by atoms with Gasteiger partial charge in [0.1, 0.15) is 22.5 Å². The van der Waals surface area contributed by atoms with Crippen molar-refractivity contribution in [1.82, 2.24) is 14.5 Å². The van der Waals surface area contributed by atoms with Crippen molar-refractivity contribution in [2.24, 2.45) is 0 Å². The molecule has 0 aliphatic carbocycles. The lowest BCUT2D eigenvalue weighted by Gasteiger charge is -2.09. The second-order valence-electron chi connectivity index (χ2n) is 6.85. The minimum Gasteiger partial charge on any atom is -0.455 e. The number of fused-ring (bicyclic) bond motifs is 4. The Morgan fingerprint density at radius 3 is 2.55 bits per heavy atom. The molecule has 0 radical (unpaired) electrons. The number of benzene rings is 3. The first kappa shape index (κ1) is 16.0. The first-order valence-corrected chi connectivity index (χ1v) is 9.30. The predicted molar refractivity (Wildman–Crippen MR) is 112 cm³/mol. The van der Waals surface area contributed by atoms with Gasteiger partial charge in [0.05, 0.1) is 10.9 Å². The molecule has 0 atom stereocenters. The molecule has 0 aliphatic heterocycles. The minimum atomic E-state index is -0.311. The molecule has 0 saturated heterocycles. The summed E-state index contributed by atoms with van der Waals surface area (Å²) >= 11 is 0. The first-order chi connectivity index (χ1) is 14.3. The molecule has 29 heavy (non-hydrogen) atoms. The Morgan fingerprint density at radius 1 is 0.828 bits per heavy atom. The Kier molecular flexibility index (Phi) is 3.32. The summed E-state index contributed by atoms with van der Waals surface area (Å²) in [4.78, 5) is 9.37. The van der Waals surface area contributed by atoms with Crippen LogP contribution in [-0.4, -0.2) is 14.5 Å². The molecule has 0 N–H and O–H groups in total. The Morgan fingerprint density at radius 2 is 1.66 bits per heavy atom. The van der Waals surface area contributed by atoms with Gasteiger partial charge in [-0.2, -0.15) is 0 Å². The van der Waals surface area contributed by atoms with Crippen LogP contribution >= 0.6 is 0 Å². The van der Waals surface area contributed by atoms with Crippen LogP contribution in [-0.2, 0) is 0 Å². The van der Waals surface area contributed by atoms with Gasteiger partial charge in [-0.15, -0.1) is 0 Å². The summed E-state index contributed by atoms with van der Waals surface area (Å²) in [5.41, 5.74) is 4.28. The van der Waals surface area contributed by atoms with E-state index in [1.165, 1.54) is 6.07 Å². The Balaban J connectivity index is 1.76. The molecule has 0 saturated carbocycles. The zero-order valence-electron chi connectivity index (χ0n) is 15.2. The van der Waals surface area contributed by atoms with E-state index in [0.717, 1.165) is 27.8 Å². The van der Waals surface area contributed by atoms with Gasteiger partial charge in [0.2, 0.25) is 0 Å². The fraction of sp³-hybridized carbons (Fsp3) is 0. The maximum atomic E-state index is 14.8. The van der Waals surface area contributed by atoms with Gasteiger partial charge in [-0.1, -0.05) is 36.4 Å². The van der Waals surface area contributed by atoms with E-state index < -0.39 is 0 Å². The van der Waals surface area contributed by atoms with E-state index in [9.17, 15) is 4.39 Å². The summed E-state index contributed by atoms with van der Waals surface area (Å²) in [6, 6.07) is 24.4. The van der Waals surface area contributed by atoms with Crippen molar-refractivity contribution in [2.75, 3.05) is 0 Å². The number of hydrogen-bond acceptors (Lipinski definition) is 3. The quantitative estimate of drug-likeness (QED) is 0.364. The van der Waals surface area contributed by atoms with Crippen LogP contribution in [0.15, 0.2) is 89.5 Å². The molecule has 0 spiro atoms. The van der Waals surface area contributed by atoms with Gasteiger partial charge in [0.15, 0.2) is 11.5 Å². The zero-order valence-corrected chi connectivity index (χ0v) is 15.2. The second-order valence-corrected chi connectivity index (χ2v) is 6.85. The van der Waals surface area contributed by atoms with Crippen molar-refractivity contribution >= 4 is 33.1 Å². The van der Waals surface area contributed by atoms with Gasteiger partial charge in [0.25, 0.3) is 0 Å². The monoisotopic (exact) mass is 379 g/mol. The highest BCUT2D eigenvalue weighted by atomic mass is 19.1. The normalized spacial score (nSPS) is 11.6. The van der Waals surface area contributed by atoms with E-state index in [0.29, 0.717) is 22.4 Å². The fourth-order valence-electron chi connectivity index (χ4n) is 3.88. The van der Waals surface area contributed by atoms with E-state index in [1.807, 2.05) is 71.3 Å². The number of pyridine rings is 1. The minimum absolute atomic E-state index is 0.311. The third-order valence-corrected chi connectivity index (χ3v) is 5.15. The van der Waals surface area contributed by atoms with Crippen LogP contribution in [0, 0.1) is 5.82 Å². The molecule has 138 valence electrons. The number of aromatic nitrogens is 3. The Bertz CT molecular complexity index is 1520. The molecule has 0 unspecified atom stereocenters. The molecule has 0 aliphatic rings. The molecular weight excluding hydrogens is 365 g/mol. The van der Waals surface area contributed by atoms with E-state index in [2.05, 4.69) is 4.98 Å². The molecule has 0 amide bonds. The highest BCUT2D eigenvalue weighted by Gasteiger charge is 2.21. The molecule has 3 aromatic carbocycles. The molecule has 3 aromatic heterocycles. The van der Waals surface area contributed by atoms with Crippen molar-refractivity contribution in [3.63, 3.8) is 0 Å². The third kappa shape index (κ3) is 2.31. The molecule has 5 heteroatoms. The lowest BCUT2D eigenvalue weighted by molar-refractivity contribution is 0.634. The van der Waals surface area contributed by atoms with Crippen LogP contribution in [0.1, 0.15) is 0 Å². The zero-order chi connectivity index (χ0) is 19.4. The van der Waals surface area contributed by atoms with E-state index in [4.69, 9.17) is 9.40 Å². The number of furan rings is 1. The average molecular weight is 379 g/mol. The largest absolute Gasteiger partial charge is 0.455 e. The molecular formula is C24H14FN3O. The average Bonchev–Trinajstić information content (AvgIpc) is 3.34. The number of hydrogen-bond donors (Lipinski definition) is 0. The van der Waals surface area contributed by atoms with Gasteiger partial charge in [0, 0.05) is 17.3 Å². The lowest BCUT2D eigenvalue weighted by Crippen LogP contribution is -1.98. The van der Waals surface area contributed by atoms with Crippen molar-refractivity contribution < 1.29 is 8.81 Å². The van der Waals surface area contributed by atoms with Gasteiger partial charge < -0.3 is 4.42 Å². The van der Waals surface area contributed by atoms with Crippen LogP contribution in [0.4, 0.5) is 4.39 Å². The summed E-state index contributed by atoms with van der Waals surface area (Å²) in [5, 5.41) is 1.22. The topological polar surface area (TPSA) is 43.9 Å². The maximum absolute atomic E-state index is 14.8. The van der Waals surface area contributed by atoms with Crippen molar-refractivity contribution in [1.29, 1.82) is 0 Å². The Hall–Kier alpha value is -3.99. The molecule has 4 nitrogen and oxygen atoms in total. The predicted octanol–water partition coefficient (Wildman–Crippen LogP) is 6.13. The fourth-order valence-corrected chi connectivity index (χ4v) is 3.88. The molecule has 6 aromatic rings. The van der Waals surface area contributed by atoms with Gasteiger partial charge in [-0.05, 0) is 42.5 Å². The Labute approximate surface area is 164 Å². The van der Waals surface area contributed by atoms with Crippen LogP contribution in [0.2, 0.25) is 0 Å². The highest BCUT2D eigenvalue weighted by molar-refractivity contribution is 6.09. The second kappa shape index (κ2) is 6.01. The number of imidazole rings is 1. The summed E-state index contributed by atoms with van der Waals surface area (Å²) in [6.45, 7) is 0. The summed E-state index contributed by atoms with van der Waals surface area (Å²) < 4.78 is 22.8. The molecule has 0 fully saturated rings. The number of para-hydroxylation sites is 2. The van der Waals surface area contributed by atoms with E-state index >= 15 is 0 Å². The van der Waals surface area contributed by atoms with Crippen LogP contribution < -0.4 is 0 Å². The van der Waals surface area contributed by atoms with Crippen LogP contribution in [0.3, 0.4) is 0 Å². The maximum Gasteiger partial charge on any atom is 0.164 e. The molecule has 0 bridgehead atoms. The smallest absolute Gasteiger partial charge is 0.164 e. The van der Waals surface area contributed by atoms with Gasteiger partial charge >= 0.3 is 0 Å². The lowest BCUT2D eigenvalue weighted by atomic mass is 10.1. The molecule has 3 heterocycles. The van der Waals surface area contributed by atoms with Crippen molar-refractivity contribution in [2.45, 2.75) is 0 Å². The van der Waals surface area contributed by atoms with Crippen LogP contribution in [0.25, 0.3) is 50.2 Å². The van der Waals surface area contributed by atoms with Crippen molar-refractivity contribution in [3.05, 3.63) is 90.9 Å². The number of rotatable bonds is 2. The summed E-state index contributed by atoms with van der Waals surface area (Å²) in [6.07, 6.45) is 1.74. The van der Waals surface area contributed by atoms with E-state index in [1.54, 1.807) is 12.3 Å².